The van der Waals surface area contributed by atoms with Gasteiger partial charge in [-0.25, -0.2) is 0 Å². The Hall–Kier alpha value is -2.14. The van der Waals surface area contributed by atoms with Gasteiger partial charge in [-0.15, -0.1) is 6.58 Å². The maximum atomic E-state index is 12.3. The van der Waals surface area contributed by atoms with Crippen molar-refractivity contribution in [1.29, 1.82) is 0 Å². The quantitative estimate of drug-likeness (QED) is 0.414. The molecule has 0 aliphatic heterocycles. The van der Waals surface area contributed by atoms with Crippen LogP contribution in [0.3, 0.4) is 0 Å². The van der Waals surface area contributed by atoms with E-state index in [1.165, 1.54) is 14.0 Å². The third kappa shape index (κ3) is 7.40. The number of rotatable bonds is 12. The van der Waals surface area contributed by atoms with Gasteiger partial charge in [0.25, 0.3) is 0 Å². The van der Waals surface area contributed by atoms with E-state index in [1.807, 2.05) is 30.3 Å². The van der Waals surface area contributed by atoms with E-state index in [0.29, 0.717) is 19.4 Å². The molecule has 0 radical (unpaired) electrons. The largest absolute Gasteiger partial charge is 0.469 e. The van der Waals surface area contributed by atoms with E-state index in [0.717, 1.165) is 18.4 Å². The molecule has 0 bridgehead atoms. The van der Waals surface area contributed by atoms with Crippen molar-refractivity contribution >= 4 is 11.9 Å². The number of esters is 2. The number of allylic oxidation sites excluding steroid dienone is 1. The highest BCUT2D eigenvalue weighted by Gasteiger charge is 2.37. The van der Waals surface area contributed by atoms with Crippen molar-refractivity contribution in [3.05, 3.63) is 48.6 Å². The lowest BCUT2D eigenvalue weighted by atomic mass is 9.91. The SMILES string of the molecule is C=CC[C@@H](C(=O)OC)[C@H](OC(C)=O)[C@H](CCCC)OCc1ccccc1. The Morgan fingerprint density at radius 3 is 2.46 bits per heavy atom. The van der Waals surface area contributed by atoms with Gasteiger partial charge in [-0.1, -0.05) is 56.2 Å². The van der Waals surface area contributed by atoms with Gasteiger partial charge in [0.05, 0.1) is 25.7 Å². The third-order valence-corrected chi connectivity index (χ3v) is 4.14. The zero-order valence-electron chi connectivity index (χ0n) is 16.0. The Balaban J connectivity index is 3.02. The van der Waals surface area contributed by atoms with Gasteiger partial charge < -0.3 is 14.2 Å². The van der Waals surface area contributed by atoms with Gasteiger partial charge in [0.15, 0.2) is 0 Å². The van der Waals surface area contributed by atoms with E-state index in [1.54, 1.807) is 6.08 Å². The molecule has 0 aromatic heterocycles. The molecule has 0 N–H and O–H groups in total. The molecule has 0 saturated heterocycles. The van der Waals surface area contributed by atoms with Crippen LogP contribution in [-0.4, -0.2) is 31.3 Å². The van der Waals surface area contributed by atoms with Crippen LogP contribution >= 0.6 is 0 Å². The molecule has 144 valence electrons. The van der Waals surface area contributed by atoms with E-state index >= 15 is 0 Å². The molecule has 1 aromatic carbocycles. The number of carbonyl (C=O) groups excluding carboxylic acids is 2. The first kappa shape index (κ1) is 21.9. The van der Waals surface area contributed by atoms with Gasteiger partial charge in [0, 0.05) is 6.92 Å². The standard InChI is InChI=1S/C21H30O5/c1-5-7-14-19(25-15-17-12-9-8-10-13-17)20(26-16(3)22)18(11-6-2)21(23)24-4/h6,8-10,12-13,18-20H,2,5,7,11,14-15H2,1,3-4H3/t18-,19+,20+/m1/s1. The number of ether oxygens (including phenoxy) is 3. The summed E-state index contributed by atoms with van der Waals surface area (Å²) in [5, 5.41) is 0. The third-order valence-electron chi connectivity index (χ3n) is 4.14. The molecule has 0 unspecified atom stereocenters. The molecule has 0 spiro atoms. The summed E-state index contributed by atoms with van der Waals surface area (Å²) in [5.41, 5.74) is 1.02. The van der Waals surface area contributed by atoms with E-state index in [-0.39, 0.29) is 0 Å². The molecule has 5 nitrogen and oxygen atoms in total. The molecule has 0 amide bonds. The number of benzene rings is 1. The van der Waals surface area contributed by atoms with Gasteiger partial charge in [-0.05, 0) is 18.4 Å². The summed E-state index contributed by atoms with van der Waals surface area (Å²) < 4.78 is 16.5. The van der Waals surface area contributed by atoms with Crippen LogP contribution in [0.5, 0.6) is 0 Å². The van der Waals surface area contributed by atoms with Crippen LogP contribution in [0.1, 0.15) is 45.1 Å². The maximum absolute atomic E-state index is 12.3. The van der Waals surface area contributed by atoms with Crippen LogP contribution in [0.25, 0.3) is 0 Å². The number of hydrogen-bond acceptors (Lipinski definition) is 5. The smallest absolute Gasteiger partial charge is 0.312 e. The minimum absolute atomic E-state index is 0.349. The summed E-state index contributed by atoms with van der Waals surface area (Å²) >= 11 is 0. The summed E-state index contributed by atoms with van der Waals surface area (Å²) in [6.07, 6.45) is 3.43. The average Bonchev–Trinajstić information content (AvgIpc) is 2.65. The predicted octanol–water partition coefficient (Wildman–Crippen LogP) is 4.06. The Kier molecular flexibility index (Phi) is 10.3. The van der Waals surface area contributed by atoms with E-state index in [9.17, 15) is 9.59 Å². The summed E-state index contributed by atoms with van der Waals surface area (Å²) in [4.78, 5) is 23.9. The number of carbonyl (C=O) groups is 2. The van der Waals surface area contributed by atoms with E-state index in [2.05, 4.69) is 13.5 Å². The highest BCUT2D eigenvalue weighted by molar-refractivity contribution is 5.74. The summed E-state index contributed by atoms with van der Waals surface area (Å²) in [5.74, 6) is -1.52. The number of hydrogen-bond donors (Lipinski definition) is 0. The second kappa shape index (κ2) is 12.3. The zero-order chi connectivity index (χ0) is 19.4. The fraction of sp³-hybridized carbons (Fsp3) is 0.524. The summed E-state index contributed by atoms with van der Waals surface area (Å²) in [6.45, 7) is 7.51. The first-order valence-corrected chi connectivity index (χ1v) is 9.04. The van der Waals surface area contributed by atoms with Crippen molar-refractivity contribution in [1.82, 2.24) is 0 Å². The van der Waals surface area contributed by atoms with Crippen LogP contribution in [0.15, 0.2) is 43.0 Å². The van der Waals surface area contributed by atoms with Crippen LogP contribution in [-0.2, 0) is 30.4 Å². The first-order valence-electron chi connectivity index (χ1n) is 9.04. The number of methoxy groups -OCH3 is 1. The highest BCUT2D eigenvalue weighted by Crippen LogP contribution is 2.25. The second-order valence-corrected chi connectivity index (χ2v) is 6.21. The lowest BCUT2D eigenvalue weighted by molar-refractivity contribution is -0.171. The van der Waals surface area contributed by atoms with Gasteiger partial charge in [0.2, 0.25) is 0 Å². The molecular weight excluding hydrogens is 332 g/mol. The average molecular weight is 362 g/mol. The lowest BCUT2D eigenvalue weighted by Crippen LogP contribution is -2.43. The van der Waals surface area contributed by atoms with Gasteiger partial charge in [-0.2, -0.15) is 0 Å². The summed E-state index contributed by atoms with van der Waals surface area (Å²) in [7, 11) is 1.33. The van der Waals surface area contributed by atoms with Crippen LogP contribution in [0.2, 0.25) is 0 Å². The van der Waals surface area contributed by atoms with E-state index in [4.69, 9.17) is 14.2 Å². The molecule has 1 rings (SSSR count). The zero-order valence-corrected chi connectivity index (χ0v) is 16.0. The second-order valence-electron chi connectivity index (χ2n) is 6.21. The van der Waals surface area contributed by atoms with Crippen LogP contribution in [0, 0.1) is 5.92 Å². The van der Waals surface area contributed by atoms with Crippen molar-refractivity contribution in [3.63, 3.8) is 0 Å². The predicted molar refractivity (Wildman–Crippen MR) is 100 cm³/mol. The molecule has 3 atom stereocenters. The normalized spacial score (nSPS) is 14.1. The minimum atomic E-state index is -0.715. The molecule has 1 aromatic rings. The lowest BCUT2D eigenvalue weighted by Gasteiger charge is -2.31. The van der Waals surface area contributed by atoms with Crippen molar-refractivity contribution in [2.75, 3.05) is 7.11 Å². The molecule has 0 aliphatic rings. The molecule has 5 heteroatoms. The fourth-order valence-corrected chi connectivity index (χ4v) is 2.83. The van der Waals surface area contributed by atoms with Crippen LogP contribution in [0.4, 0.5) is 0 Å². The Morgan fingerprint density at radius 1 is 1.23 bits per heavy atom. The van der Waals surface area contributed by atoms with Gasteiger partial charge in [0.1, 0.15) is 6.10 Å². The van der Waals surface area contributed by atoms with Crippen molar-refractivity contribution in [2.24, 2.45) is 5.92 Å². The molecule has 0 fully saturated rings. The van der Waals surface area contributed by atoms with Crippen LogP contribution < -0.4 is 0 Å². The maximum Gasteiger partial charge on any atom is 0.312 e. The van der Waals surface area contributed by atoms with Gasteiger partial charge >= 0.3 is 11.9 Å². The molecular formula is C21H30O5. The fourth-order valence-electron chi connectivity index (χ4n) is 2.83. The topological polar surface area (TPSA) is 61.8 Å². The van der Waals surface area contributed by atoms with E-state index < -0.39 is 30.1 Å². The highest BCUT2D eigenvalue weighted by atomic mass is 16.6. The molecule has 0 heterocycles. The molecule has 26 heavy (non-hydrogen) atoms. The van der Waals surface area contributed by atoms with Crippen molar-refractivity contribution < 1.29 is 23.8 Å². The number of unbranched alkanes of at least 4 members (excludes halogenated alkanes) is 1. The minimum Gasteiger partial charge on any atom is -0.469 e. The Labute approximate surface area is 156 Å². The van der Waals surface area contributed by atoms with Crippen molar-refractivity contribution in [2.45, 2.75) is 58.3 Å². The Morgan fingerprint density at radius 2 is 1.92 bits per heavy atom. The Bertz CT molecular complexity index is 555. The molecule has 0 saturated carbocycles. The molecule has 0 aliphatic carbocycles. The first-order chi connectivity index (χ1) is 12.5. The summed E-state index contributed by atoms with van der Waals surface area (Å²) in [6, 6.07) is 9.77. The monoisotopic (exact) mass is 362 g/mol. The van der Waals surface area contributed by atoms with Crippen molar-refractivity contribution in [3.8, 4) is 0 Å². The van der Waals surface area contributed by atoms with Gasteiger partial charge in [-0.3, -0.25) is 9.59 Å².